The van der Waals surface area contributed by atoms with Crippen LogP contribution in [0.4, 0.5) is 10.1 Å². The van der Waals surface area contributed by atoms with Gasteiger partial charge in [-0.3, -0.25) is 14.9 Å². The van der Waals surface area contributed by atoms with Gasteiger partial charge in [0.05, 0.1) is 40.5 Å². The van der Waals surface area contributed by atoms with Gasteiger partial charge in [0.1, 0.15) is 23.1 Å². The Kier molecular flexibility index (Phi) is 7.22. The third kappa shape index (κ3) is 4.88. The number of fused-ring (bicyclic) bond motifs is 1. The van der Waals surface area contributed by atoms with Gasteiger partial charge in [0.2, 0.25) is 0 Å². The molecule has 10 nitrogen and oxygen atoms in total. The molecule has 36 heavy (non-hydrogen) atoms. The lowest BCUT2D eigenvalue weighted by Crippen LogP contribution is -2.23. The Morgan fingerprint density at radius 2 is 1.81 bits per heavy atom. The standard InChI is InChI=1S/C23H17FN2O8S2/c1-32-21(27)17-16(18-20(25-23(29)36-18)35-19(17)22(28)33-2)14-9-13(26(30)31)7-8-15(14)34-10-11-3-5-12(24)6-4-11/h3-9,16H,10H2,1-2H3,(H,25,29). The third-order valence-corrected chi connectivity index (χ3v) is 7.43. The highest BCUT2D eigenvalue weighted by atomic mass is 32.2. The minimum absolute atomic E-state index is 0.0239. The van der Waals surface area contributed by atoms with Gasteiger partial charge in [-0.05, 0) is 23.8 Å². The fourth-order valence-electron chi connectivity index (χ4n) is 3.62. The van der Waals surface area contributed by atoms with Gasteiger partial charge >= 0.3 is 16.8 Å². The third-order valence-electron chi connectivity index (χ3n) is 5.24. The molecule has 2 heterocycles. The summed E-state index contributed by atoms with van der Waals surface area (Å²) in [7, 11) is 2.26. The highest BCUT2D eigenvalue weighted by Crippen LogP contribution is 2.51. The number of hydrogen-bond acceptors (Lipinski definition) is 10. The number of nitrogens with one attached hydrogen (secondary N) is 1. The molecule has 0 bridgehead atoms. The highest BCUT2D eigenvalue weighted by molar-refractivity contribution is 8.04. The number of halogens is 1. The molecule has 0 amide bonds. The van der Waals surface area contributed by atoms with E-state index in [-0.39, 0.29) is 34.1 Å². The number of aromatic amines is 1. The van der Waals surface area contributed by atoms with Crippen LogP contribution < -0.4 is 9.61 Å². The normalized spacial score (nSPS) is 14.7. The summed E-state index contributed by atoms with van der Waals surface area (Å²) in [6, 6.07) is 9.36. The molecule has 1 aliphatic heterocycles. The SMILES string of the molecule is COC(=O)C1=C(C(=O)OC)C(c2cc([N+](=O)[O-])ccc2OCc2ccc(F)cc2)c2sc(=O)[nH]c2S1. The predicted molar refractivity (Wildman–Crippen MR) is 128 cm³/mol. The molecule has 0 saturated carbocycles. The Labute approximate surface area is 210 Å². The number of esters is 2. The lowest BCUT2D eigenvalue weighted by molar-refractivity contribution is -0.384. The number of non-ortho nitro benzene ring substituents is 1. The number of nitro benzene ring substituents is 1. The van der Waals surface area contributed by atoms with E-state index in [9.17, 15) is 28.9 Å². The van der Waals surface area contributed by atoms with Gasteiger partial charge in [-0.1, -0.05) is 35.2 Å². The minimum atomic E-state index is -1.12. The number of nitro groups is 1. The van der Waals surface area contributed by atoms with Gasteiger partial charge in [-0.15, -0.1) is 0 Å². The van der Waals surface area contributed by atoms with E-state index in [1.165, 1.54) is 42.5 Å². The summed E-state index contributed by atoms with van der Waals surface area (Å²) in [4.78, 5) is 51.2. The lowest BCUT2D eigenvalue weighted by atomic mass is 9.88. The van der Waals surface area contributed by atoms with Crippen molar-refractivity contribution < 1.29 is 33.1 Å². The van der Waals surface area contributed by atoms with Crippen LogP contribution in [0.5, 0.6) is 5.75 Å². The van der Waals surface area contributed by atoms with Gasteiger partial charge in [0.25, 0.3) is 5.69 Å². The van der Waals surface area contributed by atoms with E-state index in [4.69, 9.17) is 14.2 Å². The van der Waals surface area contributed by atoms with E-state index < -0.39 is 33.5 Å². The first-order valence-electron chi connectivity index (χ1n) is 10.2. The first-order chi connectivity index (χ1) is 17.2. The summed E-state index contributed by atoms with van der Waals surface area (Å²) in [5.41, 5.74) is 0.325. The second kappa shape index (κ2) is 10.3. The second-order valence-corrected chi connectivity index (χ2v) is 9.40. The number of methoxy groups -OCH3 is 2. The highest BCUT2D eigenvalue weighted by Gasteiger charge is 2.41. The Morgan fingerprint density at radius 3 is 2.44 bits per heavy atom. The number of thioether (sulfide) groups is 1. The van der Waals surface area contributed by atoms with Gasteiger partial charge in [0, 0.05) is 17.7 Å². The number of nitrogens with zero attached hydrogens (tertiary/aromatic N) is 1. The van der Waals surface area contributed by atoms with Gasteiger partial charge in [-0.25, -0.2) is 14.0 Å². The molecule has 1 N–H and O–H groups in total. The zero-order chi connectivity index (χ0) is 26.0. The van der Waals surface area contributed by atoms with Crippen LogP contribution in [0.2, 0.25) is 0 Å². The summed E-state index contributed by atoms with van der Waals surface area (Å²) in [6.45, 7) is -0.0239. The largest absolute Gasteiger partial charge is 0.489 e. The molecule has 4 rings (SSSR count). The van der Waals surface area contributed by atoms with Crippen LogP contribution in [-0.4, -0.2) is 36.1 Å². The zero-order valence-electron chi connectivity index (χ0n) is 18.7. The van der Waals surface area contributed by atoms with Crippen LogP contribution in [0.15, 0.2) is 62.8 Å². The molecule has 186 valence electrons. The minimum Gasteiger partial charge on any atom is -0.489 e. The number of H-pyrrole nitrogens is 1. The van der Waals surface area contributed by atoms with E-state index >= 15 is 0 Å². The molecule has 13 heteroatoms. The number of ether oxygens (including phenoxy) is 3. The van der Waals surface area contributed by atoms with Crippen LogP contribution in [0.1, 0.15) is 21.9 Å². The first kappa shape index (κ1) is 25.1. The zero-order valence-corrected chi connectivity index (χ0v) is 20.4. The number of benzene rings is 2. The van der Waals surface area contributed by atoms with Crippen molar-refractivity contribution in [2.75, 3.05) is 14.2 Å². The van der Waals surface area contributed by atoms with Gasteiger partial charge in [-0.2, -0.15) is 0 Å². The van der Waals surface area contributed by atoms with Gasteiger partial charge in [0.15, 0.2) is 0 Å². The van der Waals surface area contributed by atoms with Crippen LogP contribution >= 0.6 is 23.1 Å². The molecule has 1 aromatic heterocycles. The van der Waals surface area contributed by atoms with Crippen molar-refractivity contribution in [3.8, 4) is 5.75 Å². The molecule has 1 aliphatic rings. The van der Waals surface area contributed by atoms with Crippen molar-refractivity contribution >= 4 is 40.7 Å². The molecule has 1 atom stereocenters. The molecular weight excluding hydrogens is 515 g/mol. The fraction of sp³-hybridized carbons (Fsp3) is 0.174. The molecule has 0 fully saturated rings. The van der Waals surface area contributed by atoms with Crippen molar-refractivity contribution in [3.63, 3.8) is 0 Å². The Morgan fingerprint density at radius 1 is 1.11 bits per heavy atom. The van der Waals surface area contributed by atoms with Crippen LogP contribution in [0, 0.1) is 15.9 Å². The Balaban J connectivity index is 1.92. The molecular formula is C23H17FN2O8S2. The summed E-state index contributed by atoms with van der Waals surface area (Å²) in [5, 5.41) is 11.9. The van der Waals surface area contributed by atoms with Crippen molar-refractivity contribution in [2.45, 2.75) is 17.6 Å². The van der Waals surface area contributed by atoms with Crippen LogP contribution in [0.25, 0.3) is 0 Å². The number of thiazole rings is 1. The van der Waals surface area contributed by atoms with Crippen molar-refractivity contribution in [3.05, 3.63) is 94.5 Å². The Hall–Kier alpha value is -3.97. The summed E-state index contributed by atoms with van der Waals surface area (Å²) in [5.74, 6) is -3.11. The molecule has 0 saturated heterocycles. The lowest BCUT2D eigenvalue weighted by Gasteiger charge is -2.27. The van der Waals surface area contributed by atoms with E-state index in [2.05, 4.69) is 4.98 Å². The maximum absolute atomic E-state index is 13.3. The summed E-state index contributed by atoms with van der Waals surface area (Å²) < 4.78 is 29.0. The Bertz CT molecular complexity index is 1450. The number of carbonyl (C=O) groups excluding carboxylic acids is 2. The summed E-state index contributed by atoms with van der Waals surface area (Å²) in [6.07, 6.45) is 0. The molecule has 0 spiro atoms. The second-order valence-electron chi connectivity index (χ2n) is 7.36. The predicted octanol–water partition coefficient (Wildman–Crippen LogP) is 3.90. The van der Waals surface area contributed by atoms with Crippen LogP contribution in [-0.2, 0) is 25.7 Å². The van der Waals surface area contributed by atoms with Crippen LogP contribution in [0.3, 0.4) is 0 Å². The van der Waals surface area contributed by atoms with Gasteiger partial charge < -0.3 is 19.2 Å². The van der Waals surface area contributed by atoms with E-state index in [1.54, 1.807) is 0 Å². The van der Waals surface area contributed by atoms with E-state index in [0.29, 0.717) is 15.5 Å². The molecule has 2 aromatic carbocycles. The molecule has 3 aromatic rings. The number of hydrogen-bond donors (Lipinski definition) is 1. The van der Waals surface area contributed by atoms with E-state index in [0.717, 1.165) is 37.3 Å². The van der Waals surface area contributed by atoms with E-state index in [1.807, 2.05) is 0 Å². The average molecular weight is 533 g/mol. The monoisotopic (exact) mass is 532 g/mol. The smallest absolute Gasteiger partial charge is 0.345 e. The molecule has 0 radical (unpaired) electrons. The average Bonchev–Trinajstić information content (AvgIpc) is 3.25. The maximum Gasteiger partial charge on any atom is 0.345 e. The number of carbonyl (C=O) groups is 2. The maximum atomic E-state index is 13.3. The van der Waals surface area contributed by atoms with Crippen molar-refractivity contribution in [2.24, 2.45) is 0 Å². The van der Waals surface area contributed by atoms with Crippen molar-refractivity contribution in [1.29, 1.82) is 0 Å². The number of rotatable bonds is 7. The molecule has 0 aliphatic carbocycles. The van der Waals surface area contributed by atoms with Crippen molar-refractivity contribution in [1.82, 2.24) is 4.98 Å². The fourth-order valence-corrected chi connectivity index (χ4v) is 5.84. The first-order valence-corrected chi connectivity index (χ1v) is 11.8. The molecule has 1 unspecified atom stereocenters. The summed E-state index contributed by atoms with van der Waals surface area (Å²) >= 11 is 1.63. The quantitative estimate of drug-likeness (QED) is 0.273. The number of aromatic nitrogens is 1. The topological polar surface area (TPSA) is 138 Å².